The Morgan fingerprint density at radius 3 is 2.62 bits per heavy atom. The zero-order valence-corrected chi connectivity index (χ0v) is 10.3. The normalized spacial score (nSPS) is 16.7. The van der Waals surface area contributed by atoms with Gasteiger partial charge in [-0.2, -0.15) is 0 Å². The molecule has 7 nitrogen and oxygen atoms in total. The first-order valence-electron chi connectivity index (χ1n) is 4.80. The second kappa shape index (κ2) is 7.76. The number of ether oxygens (including phenoxy) is 1. The summed E-state index contributed by atoms with van der Waals surface area (Å²) in [5, 5.41) is 0. The molecular formula is C8H18NO6P. The van der Waals surface area contributed by atoms with E-state index in [1.54, 1.807) is 0 Å². The number of primary amides is 1. The molecule has 0 spiro atoms. The molecule has 1 amide bonds. The van der Waals surface area contributed by atoms with Crippen molar-refractivity contribution >= 4 is 13.7 Å². The van der Waals surface area contributed by atoms with Gasteiger partial charge in [-0.1, -0.05) is 0 Å². The second-order valence-electron chi connectivity index (χ2n) is 3.23. The molecule has 0 aliphatic rings. The molecule has 0 saturated heterocycles. The van der Waals surface area contributed by atoms with E-state index in [1.165, 1.54) is 14.0 Å². The van der Waals surface area contributed by atoms with Gasteiger partial charge in [0, 0.05) is 13.7 Å². The minimum atomic E-state index is -4.11. The molecule has 16 heavy (non-hydrogen) atoms. The number of phosphoric acid groups is 1. The van der Waals surface area contributed by atoms with Gasteiger partial charge >= 0.3 is 7.82 Å². The van der Waals surface area contributed by atoms with Gasteiger partial charge in [-0.05, 0) is 13.3 Å². The highest BCUT2D eigenvalue weighted by molar-refractivity contribution is 7.47. The Morgan fingerprint density at radius 1 is 1.50 bits per heavy atom. The summed E-state index contributed by atoms with van der Waals surface area (Å²) in [6.07, 6.45) is -0.406. The lowest BCUT2D eigenvalue weighted by molar-refractivity contribution is -0.119. The van der Waals surface area contributed by atoms with Crippen molar-refractivity contribution < 1.29 is 28.0 Å². The summed E-state index contributed by atoms with van der Waals surface area (Å²) in [6, 6.07) is 0. The van der Waals surface area contributed by atoms with Gasteiger partial charge in [0.25, 0.3) is 0 Å². The van der Waals surface area contributed by atoms with Gasteiger partial charge < -0.3 is 15.4 Å². The lowest BCUT2D eigenvalue weighted by Crippen LogP contribution is -2.19. The van der Waals surface area contributed by atoms with Crippen LogP contribution in [-0.4, -0.2) is 37.2 Å². The molecule has 0 aromatic heterocycles. The zero-order chi connectivity index (χ0) is 12.6. The number of carbonyl (C=O) groups excluding carboxylic acids is 1. The number of hydrogen-bond acceptors (Lipinski definition) is 5. The van der Waals surface area contributed by atoms with Gasteiger partial charge in [-0.3, -0.25) is 13.8 Å². The van der Waals surface area contributed by atoms with Gasteiger partial charge in [-0.25, -0.2) is 4.57 Å². The zero-order valence-electron chi connectivity index (χ0n) is 9.42. The van der Waals surface area contributed by atoms with E-state index in [1.807, 2.05) is 0 Å². The maximum Gasteiger partial charge on any atom is 0.472 e. The number of methoxy groups -OCH3 is 1. The summed E-state index contributed by atoms with van der Waals surface area (Å²) in [5.41, 5.74) is 4.90. The fourth-order valence-electron chi connectivity index (χ4n) is 0.962. The molecule has 0 radical (unpaired) electrons. The minimum absolute atomic E-state index is 0.0465. The van der Waals surface area contributed by atoms with E-state index in [-0.39, 0.29) is 13.0 Å². The van der Waals surface area contributed by atoms with Gasteiger partial charge in [-0.15, -0.1) is 0 Å². The molecule has 0 aliphatic carbocycles. The molecular weight excluding hydrogens is 237 g/mol. The van der Waals surface area contributed by atoms with Crippen molar-refractivity contribution in [1.82, 2.24) is 0 Å². The Kier molecular flexibility index (Phi) is 7.53. The van der Waals surface area contributed by atoms with Crippen LogP contribution in [0.2, 0.25) is 0 Å². The van der Waals surface area contributed by atoms with Crippen LogP contribution in [0.15, 0.2) is 0 Å². The highest BCUT2D eigenvalue weighted by Gasteiger charge is 2.24. The third-order valence-corrected chi connectivity index (χ3v) is 2.68. The van der Waals surface area contributed by atoms with Gasteiger partial charge in [0.1, 0.15) is 0 Å². The first kappa shape index (κ1) is 15.5. The Morgan fingerprint density at radius 2 is 2.12 bits per heavy atom. The quantitative estimate of drug-likeness (QED) is 0.456. The molecule has 0 bridgehead atoms. The lowest BCUT2D eigenvalue weighted by Gasteiger charge is -2.16. The van der Waals surface area contributed by atoms with E-state index in [0.29, 0.717) is 13.0 Å². The van der Waals surface area contributed by atoms with Crippen molar-refractivity contribution in [3.05, 3.63) is 0 Å². The molecule has 3 N–H and O–H groups in total. The number of rotatable bonds is 9. The lowest BCUT2D eigenvalue weighted by atomic mass is 10.3. The molecule has 8 heteroatoms. The van der Waals surface area contributed by atoms with Crippen LogP contribution < -0.4 is 5.73 Å². The number of amides is 1. The van der Waals surface area contributed by atoms with Crippen molar-refractivity contribution in [2.24, 2.45) is 5.73 Å². The largest absolute Gasteiger partial charge is 0.472 e. The number of phosphoric ester groups is 1. The second-order valence-corrected chi connectivity index (χ2v) is 4.64. The Balaban J connectivity index is 3.85. The van der Waals surface area contributed by atoms with Crippen LogP contribution in [0.25, 0.3) is 0 Å². The van der Waals surface area contributed by atoms with E-state index in [4.69, 9.17) is 10.5 Å². The minimum Gasteiger partial charge on any atom is -0.385 e. The topological polar surface area (TPSA) is 108 Å². The highest BCUT2D eigenvalue weighted by atomic mass is 31.2. The average Bonchev–Trinajstić information content (AvgIpc) is 2.10. The third kappa shape index (κ3) is 8.82. The van der Waals surface area contributed by atoms with Crippen molar-refractivity contribution in [2.75, 3.05) is 20.3 Å². The summed E-state index contributed by atoms with van der Waals surface area (Å²) in [5.74, 6) is -0.605. The number of carbonyl (C=O) groups is 1. The van der Waals surface area contributed by atoms with Gasteiger partial charge in [0.2, 0.25) is 5.91 Å². The summed E-state index contributed by atoms with van der Waals surface area (Å²) in [7, 11) is -2.59. The standard InChI is InChI=1S/C8H18NO6P/c1-7(6-8(9)10)15-16(11,12)14-5-3-4-13-2/h7H,3-6H2,1-2H3,(H2,9,10)(H,11,12). The SMILES string of the molecule is COCCCOP(=O)(O)OC(C)CC(N)=O. The molecule has 0 fully saturated rings. The van der Waals surface area contributed by atoms with Crippen molar-refractivity contribution in [1.29, 1.82) is 0 Å². The monoisotopic (exact) mass is 255 g/mol. The van der Waals surface area contributed by atoms with E-state index in [2.05, 4.69) is 9.05 Å². The van der Waals surface area contributed by atoms with Crippen molar-refractivity contribution in [3.63, 3.8) is 0 Å². The molecule has 0 aliphatic heterocycles. The Labute approximate surface area is 94.5 Å². The summed E-state index contributed by atoms with van der Waals surface area (Å²) >= 11 is 0. The van der Waals surface area contributed by atoms with E-state index < -0.39 is 19.8 Å². The molecule has 0 aromatic carbocycles. The Bertz CT molecular complexity index is 259. The summed E-state index contributed by atoms with van der Waals surface area (Å²) in [6.45, 7) is 1.94. The molecule has 0 rings (SSSR count). The van der Waals surface area contributed by atoms with E-state index in [9.17, 15) is 14.3 Å². The molecule has 0 heterocycles. The van der Waals surface area contributed by atoms with Crippen LogP contribution in [-0.2, 0) is 23.1 Å². The maximum atomic E-state index is 11.3. The Hall–Kier alpha value is -0.460. The van der Waals surface area contributed by atoms with Crippen LogP contribution >= 0.6 is 7.82 Å². The van der Waals surface area contributed by atoms with E-state index >= 15 is 0 Å². The van der Waals surface area contributed by atoms with Gasteiger partial charge in [0.15, 0.2) is 0 Å². The molecule has 2 unspecified atom stereocenters. The predicted octanol–water partition coefficient (Wildman–Crippen LogP) is 0.420. The van der Waals surface area contributed by atoms with Crippen LogP contribution in [0.1, 0.15) is 19.8 Å². The van der Waals surface area contributed by atoms with Crippen LogP contribution in [0.5, 0.6) is 0 Å². The van der Waals surface area contributed by atoms with Crippen LogP contribution in [0, 0.1) is 0 Å². The predicted molar refractivity (Wildman–Crippen MR) is 56.6 cm³/mol. The summed E-state index contributed by atoms with van der Waals surface area (Å²) in [4.78, 5) is 19.7. The molecule has 2 atom stereocenters. The number of nitrogens with two attached hydrogens (primary N) is 1. The average molecular weight is 255 g/mol. The highest BCUT2D eigenvalue weighted by Crippen LogP contribution is 2.44. The smallest absolute Gasteiger partial charge is 0.385 e. The van der Waals surface area contributed by atoms with Crippen LogP contribution in [0.3, 0.4) is 0 Å². The summed E-state index contributed by atoms with van der Waals surface area (Å²) < 4.78 is 25.3. The van der Waals surface area contributed by atoms with Crippen molar-refractivity contribution in [2.45, 2.75) is 25.9 Å². The van der Waals surface area contributed by atoms with Gasteiger partial charge in [0.05, 0.1) is 19.1 Å². The van der Waals surface area contributed by atoms with Crippen LogP contribution in [0.4, 0.5) is 0 Å². The third-order valence-electron chi connectivity index (χ3n) is 1.55. The van der Waals surface area contributed by atoms with Crippen molar-refractivity contribution in [3.8, 4) is 0 Å². The fraction of sp³-hybridized carbons (Fsp3) is 0.875. The first-order valence-corrected chi connectivity index (χ1v) is 6.30. The fourth-order valence-corrected chi connectivity index (χ4v) is 1.91. The first-order chi connectivity index (χ1) is 7.37. The molecule has 0 saturated carbocycles. The molecule has 96 valence electrons. The molecule has 0 aromatic rings. The maximum absolute atomic E-state index is 11.3. The van der Waals surface area contributed by atoms with E-state index in [0.717, 1.165) is 0 Å². The number of hydrogen-bond donors (Lipinski definition) is 2.